The summed E-state index contributed by atoms with van der Waals surface area (Å²) >= 11 is 1.02. The van der Waals surface area contributed by atoms with E-state index in [1.165, 1.54) is 21.3 Å². The van der Waals surface area contributed by atoms with Crippen molar-refractivity contribution < 1.29 is 18.0 Å². The number of hydrogen-bond acceptors (Lipinski definition) is 5. The zero-order valence-electron chi connectivity index (χ0n) is 16.5. The van der Waals surface area contributed by atoms with E-state index in [0.717, 1.165) is 23.3 Å². The summed E-state index contributed by atoms with van der Waals surface area (Å²) in [4.78, 5) is 24.3. The summed E-state index contributed by atoms with van der Waals surface area (Å²) in [5, 5.41) is 6.84. The van der Waals surface area contributed by atoms with E-state index in [4.69, 9.17) is 0 Å². The molecule has 2 aromatic rings. The fraction of sp³-hybridized carbons (Fsp3) is 0.400. The monoisotopic (exact) mass is 435 g/mol. The lowest BCUT2D eigenvalue weighted by molar-refractivity contribution is -0.122. The van der Waals surface area contributed by atoms with Crippen molar-refractivity contribution in [2.75, 3.05) is 13.1 Å². The van der Waals surface area contributed by atoms with E-state index >= 15 is 0 Å². The molecule has 2 N–H and O–H groups in total. The summed E-state index contributed by atoms with van der Waals surface area (Å²) in [5.74, 6) is -0.735. The van der Waals surface area contributed by atoms with Gasteiger partial charge in [0.25, 0.3) is 15.9 Å². The summed E-state index contributed by atoms with van der Waals surface area (Å²) < 4.78 is 27.6. The lowest BCUT2D eigenvalue weighted by Gasteiger charge is -2.27. The van der Waals surface area contributed by atoms with Gasteiger partial charge in [0.1, 0.15) is 10.3 Å². The van der Waals surface area contributed by atoms with Crippen molar-refractivity contribution in [1.82, 2.24) is 14.9 Å². The number of rotatable bonds is 7. The molecule has 2 amide bonds. The quantitative estimate of drug-likeness (QED) is 0.697. The van der Waals surface area contributed by atoms with Crippen molar-refractivity contribution in [3.8, 4) is 0 Å². The number of nitrogens with zero attached hydrogens (tertiary/aromatic N) is 1. The number of nitrogens with one attached hydrogen (secondary N) is 2. The van der Waals surface area contributed by atoms with Gasteiger partial charge in [-0.25, -0.2) is 8.42 Å². The van der Waals surface area contributed by atoms with Crippen LogP contribution in [-0.2, 0) is 27.8 Å². The Morgan fingerprint density at radius 3 is 2.69 bits per heavy atom. The highest BCUT2D eigenvalue weighted by atomic mass is 32.2. The molecule has 0 spiro atoms. The highest BCUT2D eigenvalue weighted by Gasteiger charge is 2.30. The molecule has 3 rings (SSSR count). The first-order valence-electron chi connectivity index (χ1n) is 9.57. The van der Waals surface area contributed by atoms with Gasteiger partial charge >= 0.3 is 0 Å². The number of sulfonamides is 1. The van der Waals surface area contributed by atoms with Gasteiger partial charge in [-0.15, -0.1) is 11.3 Å². The zero-order chi connectivity index (χ0) is 21.0. The van der Waals surface area contributed by atoms with Crippen LogP contribution in [0.3, 0.4) is 0 Å². The minimum Gasteiger partial charge on any atom is -0.354 e. The molecule has 0 bridgehead atoms. The van der Waals surface area contributed by atoms with Crippen molar-refractivity contribution in [3.63, 3.8) is 0 Å². The standard InChI is InChI=1S/C20H25N3O4S2/c1-3-9-21-19(24)14(2)22-20(25)17-11-18(28-13-17)29(26,27)23-10-8-15-6-4-5-7-16(15)12-23/h4-7,11,13-14H,3,8-10,12H2,1-2H3,(H,21,24)(H,22,25)/t14-/m1/s1. The number of thiophene rings is 1. The molecule has 9 heteroatoms. The number of hydrogen-bond donors (Lipinski definition) is 2. The predicted octanol–water partition coefficient (Wildman–Crippen LogP) is 2.14. The molecule has 29 heavy (non-hydrogen) atoms. The molecule has 1 aromatic heterocycles. The molecule has 1 atom stereocenters. The summed E-state index contributed by atoms with van der Waals surface area (Å²) in [6.07, 6.45) is 1.47. The van der Waals surface area contributed by atoms with Gasteiger partial charge < -0.3 is 10.6 Å². The van der Waals surface area contributed by atoms with Crippen LogP contribution < -0.4 is 10.6 Å². The number of amides is 2. The van der Waals surface area contributed by atoms with Gasteiger partial charge in [-0.3, -0.25) is 9.59 Å². The van der Waals surface area contributed by atoms with E-state index in [9.17, 15) is 18.0 Å². The van der Waals surface area contributed by atoms with Crippen molar-refractivity contribution in [2.45, 2.75) is 43.5 Å². The Labute approximate surface area is 175 Å². The summed E-state index contributed by atoms with van der Waals surface area (Å²) in [5.41, 5.74) is 2.41. The molecule has 0 radical (unpaired) electrons. The second-order valence-electron chi connectivity index (χ2n) is 7.00. The summed E-state index contributed by atoms with van der Waals surface area (Å²) in [7, 11) is -3.68. The van der Waals surface area contributed by atoms with E-state index < -0.39 is 22.0 Å². The Hall–Kier alpha value is -2.23. The minimum atomic E-state index is -3.68. The van der Waals surface area contributed by atoms with Crippen LogP contribution in [0, 0.1) is 0 Å². The molecule has 0 aliphatic carbocycles. The molecule has 0 fully saturated rings. The van der Waals surface area contributed by atoms with Gasteiger partial charge in [-0.2, -0.15) is 4.31 Å². The van der Waals surface area contributed by atoms with Gasteiger partial charge in [-0.05, 0) is 37.0 Å². The highest BCUT2D eigenvalue weighted by Crippen LogP contribution is 2.28. The molecule has 1 aromatic carbocycles. The van der Waals surface area contributed by atoms with Crippen LogP contribution >= 0.6 is 11.3 Å². The Morgan fingerprint density at radius 1 is 1.24 bits per heavy atom. The Bertz CT molecular complexity index is 1000. The minimum absolute atomic E-state index is 0.130. The Morgan fingerprint density at radius 2 is 1.97 bits per heavy atom. The van der Waals surface area contributed by atoms with Gasteiger partial charge in [-0.1, -0.05) is 31.2 Å². The van der Waals surface area contributed by atoms with E-state index in [-0.39, 0.29) is 15.7 Å². The van der Waals surface area contributed by atoms with Crippen LogP contribution in [0.25, 0.3) is 0 Å². The van der Waals surface area contributed by atoms with Crippen LogP contribution in [-0.4, -0.2) is 43.7 Å². The molecule has 1 aliphatic rings. The molecule has 0 saturated carbocycles. The fourth-order valence-corrected chi connectivity index (χ4v) is 5.85. The molecular weight excluding hydrogens is 410 g/mol. The number of carbonyl (C=O) groups is 2. The van der Waals surface area contributed by atoms with Crippen molar-refractivity contribution in [1.29, 1.82) is 0 Å². The SMILES string of the molecule is CCCNC(=O)[C@@H](C)NC(=O)c1csc(S(=O)(=O)N2CCc3ccccc3C2)c1. The zero-order valence-corrected chi connectivity index (χ0v) is 18.1. The molecule has 156 valence electrons. The van der Waals surface area contributed by atoms with E-state index in [0.29, 0.717) is 26.1 Å². The van der Waals surface area contributed by atoms with Gasteiger partial charge in [0.2, 0.25) is 5.91 Å². The van der Waals surface area contributed by atoms with Crippen LogP contribution in [0.15, 0.2) is 39.9 Å². The largest absolute Gasteiger partial charge is 0.354 e. The lowest BCUT2D eigenvalue weighted by Crippen LogP contribution is -2.44. The normalized spacial score (nSPS) is 15.4. The average molecular weight is 436 g/mol. The first-order valence-corrected chi connectivity index (χ1v) is 11.9. The number of carbonyl (C=O) groups excluding carboxylic acids is 2. The van der Waals surface area contributed by atoms with Crippen LogP contribution in [0.2, 0.25) is 0 Å². The van der Waals surface area contributed by atoms with E-state index in [2.05, 4.69) is 10.6 Å². The first-order chi connectivity index (χ1) is 13.8. The third-order valence-corrected chi connectivity index (χ3v) is 8.08. The van der Waals surface area contributed by atoms with Gasteiger partial charge in [0, 0.05) is 25.0 Å². The molecule has 0 saturated heterocycles. The van der Waals surface area contributed by atoms with Gasteiger partial charge in [0.15, 0.2) is 0 Å². The molecule has 2 heterocycles. The topological polar surface area (TPSA) is 95.6 Å². The maximum Gasteiger partial charge on any atom is 0.252 e. The van der Waals surface area contributed by atoms with Crippen LogP contribution in [0.4, 0.5) is 0 Å². The smallest absolute Gasteiger partial charge is 0.252 e. The molecule has 7 nitrogen and oxygen atoms in total. The average Bonchev–Trinajstić information content (AvgIpc) is 3.22. The number of fused-ring (bicyclic) bond motifs is 1. The van der Waals surface area contributed by atoms with E-state index in [1.54, 1.807) is 6.92 Å². The van der Waals surface area contributed by atoms with Crippen molar-refractivity contribution in [3.05, 3.63) is 52.4 Å². The first kappa shape index (κ1) is 21.5. The maximum atomic E-state index is 13.0. The predicted molar refractivity (Wildman–Crippen MR) is 112 cm³/mol. The van der Waals surface area contributed by atoms with Crippen molar-refractivity contribution in [2.24, 2.45) is 0 Å². The third-order valence-electron chi connectivity index (χ3n) is 4.82. The van der Waals surface area contributed by atoms with Crippen molar-refractivity contribution >= 4 is 33.2 Å². The number of benzene rings is 1. The lowest BCUT2D eigenvalue weighted by atomic mass is 10.0. The van der Waals surface area contributed by atoms with E-state index in [1.807, 2.05) is 31.2 Å². The second kappa shape index (κ2) is 9.06. The highest BCUT2D eigenvalue weighted by molar-refractivity contribution is 7.91. The van der Waals surface area contributed by atoms with Crippen LogP contribution in [0.1, 0.15) is 41.8 Å². The Kier molecular flexibility index (Phi) is 6.71. The fourth-order valence-electron chi connectivity index (χ4n) is 3.12. The van der Waals surface area contributed by atoms with Crippen LogP contribution in [0.5, 0.6) is 0 Å². The summed E-state index contributed by atoms with van der Waals surface area (Å²) in [6.45, 7) is 4.81. The third kappa shape index (κ3) is 4.85. The Balaban J connectivity index is 1.69. The maximum absolute atomic E-state index is 13.0. The molecule has 1 aliphatic heterocycles. The summed E-state index contributed by atoms with van der Waals surface area (Å²) in [6, 6.07) is 8.50. The molecule has 0 unspecified atom stereocenters. The molecular formula is C20H25N3O4S2. The van der Waals surface area contributed by atoms with Gasteiger partial charge in [0.05, 0.1) is 5.56 Å². The second-order valence-corrected chi connectivity index (χ2v) is 10.1.